The molecule has 0 unspecified atom stereocenters. The maximum absolute atomic E-state index is 13.3. The highest BCUT2D eigenvalue weighted by Gasteiger charge is 2.54. The fourth-order valence-corrected chi connectivity index (χ4v) is 5.75. The third-order valence-electron chi connectivity index (χ3n) is 7.58. The molecule has 208 valence electrons. The second-order valence-corrected chi connectivity index (χ2v) is 9.51. The number of carbonyl (C=O) groups is 2. The van der Waals surface area contributed by atoms with Crippen LogP contribution in [0.2, 0.25) is 0 Å². The summed E-state index contributed by atoms with van der Waals surface area (Å²) in [5.41, 5.74) is 2.42. The Hall–Kier alpha value is -4.67. The Balaban J connectivity index is 1.49. The molecule has 4 atom stereocenters. The molecule has 11 heteroatoms. The van der Waals surface area contributed by atoms with Crippen LogP contribution < -0.4 is 28.4 Å². The maximum atomic E-state index is 13.3. The van der Waals surface area contributed by atoms with Gasteiger partial charge >= 0.3 is 11.9 Å². The molecule has 1 aromatic heterocycles. The van der Waals surface area contributed by atoms with Crippen LogP contribution in [0.4, 0.5) is 0 Å². The van der Waals surface area contributed by atoms with Gasteiger partial charge in [0, 0.05) is 29.7 Å². The van der Waals surface area contributed by atoms with Gasteiger partial charge in [0.15, 0.2) is 23.0 Å². The van der Waals surface area contributed by atoms with Gasteiger partial charge in [0.1, 0.15) is 6.10 Å². The Kier molecular flexibility index (Phi) is 6.49. The lowest BCUT2D eigenvalue weighted by Gasteiger charge is -2.38. The standard InChI is InChI=1S/C29H27NO10/c1-33-21-7-15(8-22(34-2)27(21)36-4)24-16-9-19-20(39-13-38-19)10-17(16)26(18-12-37-29(32)25(18)24)40-28(31)14-5-6-23(35-3)30-11-14/h5-11,18,24-26H,12-13H2,1-4H3/t18-,24+,25-,26-/m0/s1. The van der Waals surface area contributed by atoms with Crippen molar-refractivity contribution in [3.05, 3.63) is 64.8 Å². The van der Waals surface area contributed by atoms with E-state index in [0.717, 1.165) is 11.1 Å². The van der Waals surface area contributed by atoms with Crippen molar-refractivity contribution in [2.24, 2.45) is 11.8 Å². The number of hydrogen-bond donors (Lipinski definition) is 0. The summed E-state index contributed by atoms with van der Waals surface area (Å²) in [6.07, 6.45) is 0.589. The fraction of sp³-hybridized carbons (Fsp3) is 0.345. The van der Waals surface area contributed by atoms with Gasteiger partial charge in [-0.05, 0) is 41.5 Å². The number of nitrogens with zero attached hydrogens (tertiary/aromatic N) is 1. The second-order valence-electron chi connectivity index (χ2n) is 9.51. The van der Waals surface area contributed by atoms with Crippen molar-refractivity contribution in [2.75, 3.05) is 41.8 Å². The van der Waals surface area contributed by atoms with Crippen molar-refractivity contribution in [1.82, 2.24) is 4.98 Å². The van der Waals surface area contributed by atoms with Crippen LogP contribution in [0.25, 0.3) is 0 Å². The first kappa shape index (κ1) is 25.6. The van der Waals surface area contributed by atoms with E-state index in [2.05, 4.69) is 4.98 Å². The number of hydrogen-bond acceptors (Lipinski definition) is 11. The number of methoxy groups -OCH3 is 4. The highest BCUT2D eigenvalue weighted by molar-refractivity contribution is 5.89. The molecule has 11 nitrogen and oxygen atoms in total. The number of fused-ring (bicyclic) bond motifs is 3. The highest BCUT2D eigenvalue weighted by atomic mass is 16.7. The molecule has 2 aliphatic heterocycles. The van der Waals surface area contributed by atoms with Gasteiger partial charge in [0.2, 0.25) is 18.4 Å². The molecule has 3 aliphatic rings. The molecule has 2 aromatic carbocycles. The number of cyclic esters (lactones) is 1. The van der Waals surface area contributed by atoms with Crippen LogP contribution in [-0.2, 0) is 14.3 Å². The number of pyridine rings is 1. The molecule has 0 saturated carbocycles. The first-order valence-electron chi connectivity index (χ1n) is 12.6. The molecule has 0 bridgehead atoms. The van der Waals surface area contributed by atoms with Crippen molar-refractivity contribution in [3.8, 4) is 34.6 Å². The van der Waals surface area contributed by atoms with E-state index < -0.39 is 29.8 Å². The molecular formula is C29H27NO10. The molecule has 1 fully saturated rings. The minimum absolute atomic E-state index is 0.0595. The van der Waals surface area contributed by atoms with E-state index in [0.29, 0.717) is 40.2 Å². The minimum Gasteiger partial charge on any atom is -0.493 e. The third-order valence-corrected chi connectivity index (χ3v) is 7.58. The van der Waals surface area contributed by atoms with Gasteiger partial charge in [0.25, 0.3) is 0 Å². The Labute approximate surface area is 229 Å². The van der Waals surface area contributed by atoms with Crippen LogP contribution in [0.15, 0.2) is 42.6 Å². The Bertz CT molecular complexity index is 1450. The lowest BCUT2D eigenvalue weighted by molar-refractivity contribution is -0.141. The summed E-state index contributed by atoms with van der Waals surface area (Å²) >= 11 is 0. The Morgan fingerprint density at radius 1 is 0.875 bits per heavy atom. The average Bonchev–Trinajstić information content (AvgIpc) is 3.61. The highest BCUT2D eigenvalue weighted by Crippen LogP contribution is 2.56. The van der Waals surface area contributed by atoms with Crippen LogP contribution in [-0.4, -0.2) is 58.8 Å². The van der Waals surface area contributed by atoms with Crippen molar-refractivity contribution in [3.63, 3.8) is 0 Å². The van der Waals surface area contributed by atoms with Crippen molar-refractivity contribution < 1.29 is 47.5 Å². The summed E-state index contributed by atoms with van der Waals surface area (Å²) in [5, 5.41) is 0. The minimum atomic E-state index is -0.797. The van der Waals surface area contributed by atoms with Gasteiger partial charge in [-0.3, -0.25) is 4.79 Å². The summed E-state index contributed by atoms with van der Waals surface area (Å²) in [6.45, 7) is 0.140. The van der Waals surface area contributed by atoms with Gasteiger partial charge < -0.3 is 37.9 Å². The summed E-state index contributed by atoms with van der Waals surface area (Å²) in [5.74, 6) is 0.149. The predicted octanol–water partition coefficient (Wildman–Crippen LogP) is 3.68. The molecule has 0 N–H and O–H groups in total. The number of aromatic nitrogens is 1. The molecule has 6 rings (SSSR count). The molecular weight excluding hydrogens is 522 g/mol. The first-order chi connectivity index (χ1) is 19.5. The lowest BCUT2D eigenvalue weighted by atomic mass is 9.66. The predicted molar refractivity (Wildman–Crippen MR) is 137 cm³/mol. The van der Waals surface area contributed by atoms with Crippen LogP contribution >= 0.6 is 0 Å². The monoisotopic (exact) mass is 549 g/mol. The van der Waals surface area contributed by atoms with Crippen molar-refractivity contribution >= 4 is 11.9 Å². The van der Waals surface area contributed by atoms with Crippen LogP contribution in [0.1, 0.15) is 39.1 Å². The smallest absolute Gasteiger partial charge is 0.340 e. The molecule has 1 aliphatic carbocycles. The first-order valence-corrected chi connectivity index (χ1v) is 12.6. The van der Waals surface area contributed by atoms with Gasteiger partial charge in [-0.25, -0.2) is 9.78 Å². The zero-order valence-electron chi connectivity index (χ0n) is 22.3. The molecule has 1 saturated heterocycles. The van der Waals surface area contributed by atoms with Crippen LogP contribution in [0.5, 0.6) is 34.6 Å². The molecule has 3 aromatic rings. The van der Waals surface area contributed by atoms with Crippen LogP contribution in [0, 0.1) is 11.8 Å². The summed E-state index contributed by atoms with van der Waals surface area (Å²) in [4.78, 5) is 30.7. The van der Waals surface area contributed by atoms with E-state index in [4.69, 9.17) is 37.9 Å². The maximum Gasteiger partial charge on any atom is 0.340 e. The SMILES string of the molecule is COc1ccc(C(=O)O[C@H]2c3cc4c(cc3[C@@H](c3cc(OC)c(OC)c(OC)c3)[C@H]3C(=O)OC[C@@H]32)OCO4)cn1. The summed E-state index contributed by atoms with van der Waals surface area (Å²) in [7, 11) is 6.08. The largest absolute Gasteiger partial charge is 0.493 e. The van der Waals surface area contributed by atoms with E-state index in [1.165, 1.54) is 34.6 Å². The zero-order chi connectivity index (χ0) is 28.0. The van der Waals surface area contributed by atoms with Crippen molar-refractivity contribution in [1.29, 1.82) is 0 Å². The van der Waals surface area contributed by atoms with Crippen molar-refractivity contribution in [2.45, 2.75) is 12.0 Å². The topological polar surface area (TPSA) is 121 Å². The molecule has 3 heterocycles. The van der Waals surface area contributed by atoms with Gasteiger partial charge in [-0.2, -0.15) is 0 Å². The van der Waals surface area contributed by atoms with E-state index in [-0.39, 0.29) is 24.9 Å². The van der Waals surface area contributed by atoms with E-state index in [1.54, 1.807) is 12.1 Å². The fourth-order valence-electron chi connectivity index (χ4n) is 5.75. The zero-order valence-corrected chi connectivity index (χ0v) is 22.3. The molecule has 0 amide bonds. The molecule has 0 radical (unpaired) electrons. The Morgan fingerprint density at radius 3 is 2.17 bits per heavy atom. The lowest BCUT2D eigenvalue weighted by Crippen LogP contribution is -2.36. The van der Waals surface area contributed by atoms with Gasteiger partial charge in [-0.1, -0.05) is 0 Å². The van der Waals surface area contributed by atoms with Gasteiger partial charge in [-0.15, -0.1) is 0 Å². The molecule has 0 spiro atoms. The Morgan fingerprint density at radius 2 is 1.57 bits per heavy atom. The summed E-state index contributed by atoms with van der Waals surface area (Å²) in [6, 6.07) is 10.4. The molecule has 40 heavy (non-hydrogen) atoms. The van der Waals surface area contributed by atoms with E-state index in [9.17, 15) is 9.59 Å². The van der Waals surface area contributed by atoms with Gasteiger partial charge in [0.05, 0.1) is 46.5 Å². The normalized spacial score (nSPS) is 22.1. The van der Waals surface area contributed by atoms with Crippen LogP contribution in [0.3, 0.4) is 0 Å². The number of carbonyl (C=O) groups excluding carboxylic acids is 2. The third kappa shape index (κ3) is 4.09. The second kappa shape index (κ2) is 10.1. The quantitative estimate of drug-likeness (QED) is 0.401. The number of rotatable bonds is 7. The number of ether oxygens (including phenoxy) is 8. The average molecular weight is 550 g/mol. The number of esters is 2. The van der Waals surface area contributed by atoms with E-state index in [1.807, 2.05) is 24.3 Å². The summed E-state index contributed by atoms with van der Waals surface area (Å²) < 4.78 is 44.8. The van der Waals surface area contributed by atoms with E-state index >= 15 is 0 Å². The number of benzene rings is 2.